The lowest BCUT2D eigenvalue weighted by Gasteiger charge is -2.23. The Morgan fingerprint density at radius 1 is 1.08 bits per heavy atom. The number of thioether (sulfide) groups is 1. The van der Waals surface area contributed by atoms with Gasteiger partial charge in [0.25, 0.3) is 0 Å². The van der Waals surface area contributed by atoms with Gasteiger partial charge in [0.1, 0.15) is 0 Å². The number of benzene rings is 1. The fourth-order valence-corrected chi connectivity index (χ4v) is 4.18. The van der Waals surface area contributed by atoms with E-state index in [9.17, 15) is 5.11 Å². The summed E-state index contributed by atoms with van der Waals surface area (Å²) in [6, 6.07) is 8.63. The summed E-state index contributed by atoms with van der Waals surface area (Å²) in [6.07, 6.45) is 1.81. The van der Waals surface area contributed by atoms with E-state index in [1.807, 2.05) is 11.8 Å². The van der Waals surface area contributed by atoms with Crippen molar-refractivity contribution in [2.45, 2.75) is 29.4 Å². The van der Waals surface area contributed by atoms with Crippen LogP contribution in [0.15, 0.2) is 24.3 Å². The molecule has 0 amide bonds. The minimum absolute atomic E-state index is 0.0800. The van der Waals surface area contributed by atoms with Gasteiger partial charge in [0, 0.05) is 10.5 Å². The lowest BCUT2D eigenvalue weighted by molar-refractivity contribution is 0.152. The largest absolute Gasteiger partial charge is 0.393 e. The highest BCUT2D eigenvalue weighted by Gasteiger charge is 2.37. The summed E-state index contributed by atoms with van der Waals surface area (Å²) in [5.74, 6) is 0. The third-order valence-electron chi connectivity index (χ3n) is 2.99. The van der Waals surface area contributed by atoms with Gasteiger partial charge < -0.3 is 5.11 Å². The first-order valence-electron chi connectivity index (χ1n) is 4.77. The SMILES string of the molecule is OC1CC2SC(C1)c1ccccc12. The second-order valence-corrected chi connectivity index (χ2v) is 5.28. The van der Waals surface area contributed by atoms with E-state index in [0.717, 1.165) is 12.8 Å². The Morgan fingerprint density at radius 2 is 1.62 bits per heavy atom. The minimum atomic E-state index is -0.0800. The van der Waals surface area contributed by atoms with Gasteiger partial charge in [-0.05, 0) is 24.0 Å². The summed E-state index contributed by atoms with van der Waals surface area (Å²) in [5.41, 5.74) is 2.93. The van der Waals surface area contributed by atoms with E-state index < -0.39 is 0 Å². The van der Waals surface area contributed by atoms with Gasteiger partial charge in [0.05, 0.1) is 6.10 Å². The maximum absolute atomic E-state index is 9.65. The predicted molar refractivity (Wildman–Crippen MR) is 54.8 cm³/mol. The third kappa shape index (κ3) is 1.12. The maximum Gasteiger partial charge on any atom is 0.0567 e. The van der Waals surface area contributed by atoms with Crippen LogP contribution < -0.4 is 0 Å². The fourth-order valence-electron chi connectivity index (χ4n) is 2.40. The zero-order chi connectivity index (χ0) is 8.84. The molecule has 2 heteroatoms. The van der Waals surface area contributed by atoms with Crippen LogP contribution in [0.3, 0.4) is 0 Å². The Hall–Kier alpha value is -0.470. The molecule has 13 heavy (non-hydrogen) atoms. The van der Waals surface area contributed by atoms with Gasteiger partial charge in [-0.15, -0.1) is 11.8 Å². The highest BCUT2D eigenvalue weighted by Crippen LogP contribution is 2.57. The van der Waals surface area contributed by atoms with Gasteiger partial charge in [-0.3, -0.25) is 0 Å². The molecule has 2 aliphatic heterocycles. The average molecular weight is 192 g/mol. The summed E-state index contributed by atoms with van der Waals surface area (Å²) in [6.45, 7) is 0. The van der Waals surface area contributed by atoms with Crippen molar-refractivity contribution in [2.24, 2.45) is 0 Å². The van der Waals surface area contributed by atoms with Crippen LogP contribution in [0.5, 0.6) is 0 Å². The highest BCUT2D eigenvalue weighted by atomic mass is 32.2. The average Bonchev–Trinajstić information content (AvgIpc) is 2.41. The molecule has 0 aliphatic carbocycles. The third-order valence-corrected chi connectivity index (χ3v) is 4.54. The molecule has 0 radical (unpaired) electrons. The number of aliphatic hydroxyl groups is 1. The van der Waals surface area contributed by atoms with Gasteiger partial charge in [0.2, 0.25) is 0 Å². The Morgan fingerprint density at radius 3 is 2.15 bits per heavy atom. The van der Waals surface area contributed by atoms with E-state index in [2.05, 4.69) is 24.3 Å². The molecule has 1 N–H and O–H groups in total. The molecule has 68 valence electrons. The van der Waals surface area contributed by atoms with Crippen molar-refractivity contribution in [1.29, 1.82) is 0 Å². The molecule has 1 aromatic carbocycles. The normalized spacial score (nSPS) is 35.9. The molecule has 0 spiro atoms. The molecule has 3 rings (SSSR count). The lowest BCUT2D eigenvalue weighted by atomic mass is 10.0. The molecule has 1 saturated heterocycles. The first-order valence-corrected chi connectivity index (χ1v) is 5.71. The molecule has 2 unspecified atom stereocenters. The van der Waals surface area contributed by atoms with Crippen molar-refractivity contribution < 1.29 is 5.11 Å². The lowest BCUT2D eigenvalue weighted by Crippen LogP contribution is -2.14. The van der Waals surface area contributed by atoms with E-state index in [0.29, 0.717) is 10.5 Å². The summed E-state index contributed by atoms with van der Waals surface area (Å²) in [7, 11) is 0. The van der Waals surface area contributed by atoms with Crippen molar-refractivity contribution in [1.82, 2.24) is 0 Å². The molecule has 1 fully saturated rings. The van der Waals surface area contributed by atoms with E-state index in [1.54, 1.807) is 0 Å². The summed E-state index contributed by atoms with van der Waals surface area (Å²) in [4.78, 5) is 0. The standard InChI is InChI=1S/C11H12OS/c12-7-5-10-8-3-1-2-4-9(8)11(6-7)13-10/h1-4,7,10-12H,5-6H2. The number of hydrogen-bond acceptors (Lipinski definition) is 2. The monoisotopic (exact) mass is 192 g/mol. The Balaban J connectivity index is 2.09. The summed E-state index contributed by atoms with van der Waals surface area (Å²) in [5, 5.41) is 10.8. The van der Waals surface area contributed by atoms with Gasteiger partial charge in [-0.1, -0.05) is 24.3 Å². The Labute approximate surface area is 82.2 Å². The van der Waals surface area contributed by atoms with E-state index in [-0.39, 0.29) is 6.10 Å². The minimum Gasteiger partial charge on any atom is -0.393 e. The number of rotatable bonds is 0. The molecule has 2 atom stereocenters. The first kappa shape index (κ1) is 7.89. The van der Waals surface area contributed by atoms with Crippen LogP contribution in [0.1, 0.15) is 34.5 Å². The second-order valence-electron chi connectivity index (χ2n) is 3.87. The van der Waals surface area contributed by atoms with Crippen molar-refractivity contribution in [3.63, 3.8) is 0 Å². The second kappa shape index (κ2) is 2.76. The molecule has 2 heterocycles. The molecule has 2 bridgehead atoms. The number of fused-ring (bicyclic) bond motifs is 5. The van der Waals surface area contributed by atoms with Crippen LogP contribution in [0.2, 0.25) is 0 Å². The van der Waals surface area contributed by atoms with E-state index >= 15 is 0 Å². The molecular formula is C11H12OS. The first-order chi connectivity index (χ1) is 6.34. The highest BCUT2D eigenvalue weighted by molar-refractivity contribution is 8.00. The Kier molecular flexibility index (Phi) is 1.67. The predicted octanol–water partition coefficient (Wildman–Crippen LogP) is 2.67. The fraction of sp³-hybridized carbons (Fsp3) is 0.455. The van der Waals surface area contributed by atoms with Crippen LogP contribution in [-0.2, 0) is 0 Å². The van der Waals surface area contributed by atoms with Crippen LogP contribution in [0.25, 0.3) is 0 Å². The molecule has 0 saturated carbocycles. The van der Waals surface area contributed by atoms with Gasteiger partial charge in [-0.2, -0.15) is 0 Å². The van der Waals surface area contributed by atoms with Crippen molar-refractivity contribution in [2.75, 3.05) is 0 Å². The molecule has 1 nitrogen and oxygen atoms in total. The summed E-state index contributed by atoms with van der Waals surface area (Å²) < 4.78 is 0. The molecular weight excluding hydrogens is 180 g/mol. The number of aliphatic hydroxyl groups excluding tert-OH is 1. The zero-order valence-corrected chi connectivity index (χ0v) is 8.13. The quantitative estimate of drug-likeness (QED) is 0.682. The molecule has 2 aliphatic rings. The van der Waals surface area contributed by atoms with Gasteiger partial charge in [0.15, 0.2) is 0 Å². The van der Waals surface area contributed by atoms with Crippen molar-refractivity contribution in [3.8, 4) is 0 Å². The molecule has 0 aromatic heterocycles. The number of hydrogen-bond donors (Lipinski definition) is 1. The van der Waals surface area contributed by atoms with Crippen LogP contribution in [0.4, 0.5) is 0 Å². The van der Waals surface area contributed by atoms with E-state index in [1.165, 1.54) is 11.1 Å². The maximum atomic E-state index is 9.65. The van der Waals surface area contributed by atoms with Gasteiger partial charge in [-0.25, -0.2) is 0 Å². The summed E-state index contributed by atoms with van der Waals surface area (Å²) >= 11 is 2.02. The van der Waals surface area contributed by atoms with E-state index in [4.69, 9.17) is 0 Å². The van der Waals surface area contributed by atoms with Crippen molar-refractivity contribution >= 4 is 11.8 Å². The molecule has 1 aromatic rings. The zero-order valence-electron chi connectivity index (χ0n) is 7.31. The van der Waals surface area contributed by atoms with Crippen molar-refractivity contribution in [3.05, 3.63) is 35.4 Å². The van der Waals surface area contributed by atoms with Gasteiger partial charge >= 0.3 is 0 Å². The topological polar surface area (TPSA) is 20.2 Å². The Bertz CT molecular complexity index is 302. The van der Waals surface area contributed by atoms with Crippen LogP contribution >= 0.6 is 11.8 Å². The van der Waals surface area contributed by atoms with Crippen LogP contribution in [0, 0.1) is 0 Å². The smallest absolute Gasteiger partial charge is 0.0567 e. The van der Waals surface area contributed by atoms with Crippen LogP contribution in [-0.4, -0.2) is 11.2 Å².